The molecule has 0 bridgehead atoms. The van der Waals surface area contributed by atoms with E-state index in [1.165, 1.54) is 48.5 Å². The van der Waals surface area contributed by atoms with E-state index in [0.29, 0.717) is 34.0 Å². The summed E-state index contributed by atoms with van der Waals surface area (Å²) in [6.45, 7) is 3.85. The molecule has 3 aromatic rings. The van der Waals surface area contributed by atoms with Crippen LogP contribution in [0.15, 0.2) is 58.3 Å². The molecule has 0 spiro atoms. The molecule has 0 fully saturated rings. The van der Waals surface area contributed by atoms with Crippen LogP contribution in [0.1, 0.15) is 22.3 Å². The van der Waals surface area contributed by atoms with E-state index in [1.807, 2.05) is 6.92 Å². The van der Waals surface area contributed by atoms with E-state index in [4.69, 9.17) is 4.55 Å². The first-order valence-electron chi connectivity index (χ1n) is 9.86. The van der Waals surface area contributed by atoms with Crippen LogP contribution in [0.5, 0.6) is 0 Å². The Morgan fingerprint density at radius 3 is 1.88 bits per heavy atom. The summed E-state index contributed by atoms with van der Waals surface area (Å²) in [6.07, 6.45) is 0. The number of nitriles is 1. The molecule has 178 valence electrons. The van der Waals surface area contributed by atoms with Gasteiger partial charge in [0.2, 0.25) is 0 Å². The smallest absolute Gasteiger partial charge is 0.294 e. The Morgan fingerprint density at radius 2 is 1.41 bits per heavy atom. The largest absolute Gasteiger partial charge is 0.365 e. The molecule has 0 radical (unpaired) electrons. The van der Waals surface area contributed by atoms with E-state index in [0.717, 1.165) is 5.56 Å². The van der Waals surface area contributed by atoms with Gasteiger partial charge >= 0.3 is 0 Å². The number of hydrogen-bond acceptors (Lipinski definition) is 8. The van der Waals surface area contributed by atoms with Crippen LogP contribution in [-0.2, 0) is 26.8 Å². The Labute approximate surface area is 198 Å². The van der Waals surface area contributed by atoms with Gasteiger partial charge in [0.1, 0.15) is 17.7 Å². The first kappa shape index (κ1) is 25.1. The summed E-state index contributed by atoms with van der Waals surface area (Å²) in [4.78, 5) is 5.89. The SMILES string of the molecule is Cc1c(N(C)c2ccc(S(=O)(=O)O)cc2)nc(NCc2ccc(S(=O)(=O)O)cc2)c(C#N)c1C. The lowest BCUT2D eigenvalue weighted by atomic mass is 10.0. The normalized spacial score (nSPS) is 11.6. The minimum absolute atomic E-state index is 0.220. The Morgan fingerprint density at radius 1 is 0.912 bits per heavy atom. The zero-order valence-electron chi connectivity index (χ0n) is 18.5. The van der Waals surface area contributed by atoms with Crippen molar-refractivity contribution in [3.63, 3.8) is 0 Å². The van der Waals surface area contributed by atoms with Gasteiger partial charge in [-0.3, -0.25) is 9.11 Å². The molecule has 0 aliphatic rings. The summed E-state index contributed by atoms with van der Waals surface area (Å²) in [5, 5.41) is 12.8. The Kier molecular flexibility index (Phi) is 6.94. The average molecular weight is 503 g/mol. The third-order valence-corrected chi connectivity index (χ3v) is 7.10. The summed E-state index contributed by atoms with van der Waals surface area (Å²) in [5.74, 6) is 0.848. The topological polar surface area (TPSA) is 161 Å². The van der Waals surface area contributed by atoms with Gasteiger partial charge < -0.3 is 10.2 Å². The fourth-order valence-corrected chi connectivity index (χ4v) is 4.26. The maximum Gasteiger partial charge on any atom is 0.294 e. The van der Waals surface area contributed by atoms with Gasteiger partial charge in [-0.1, -0.05) is 12.1 Å². The fraction of sp³-hybridized carbons (Fsp3) is 0.182. The summed E-state index contributed by atoms with van der Waals surface area (Å²) in [7, 11) is -6.86. The first-order valence-corrected chi connectivity index (χ1v) is 12.7. The molecule has 0 unspecified atom stereocenters. The second kappa shape index (κ2) is 9.40. The molecule has 3 N–H and O–H groups in total. The minimum atomic E-state index is -4.31. The highest BCUT2D eigenvalue weighted by atomic mass is 32.2. The van der Waals surface area contributed by atoms with Crippen LogP contribution in [-0.4, -0.2) is 38.0 Å². The number of anilines is 3. The molecule has 0 saturated heterocycles. The van der Waals surface area contributed by atoms with E-state index >= 15 is 0 Å². The van der Waals surface area contributed by atoms with E-state index in [-0.39, 0.29) is 16.3 Å². The van der Waals surface area contributed by atoms with Crippen LogP contribution < -0.4 is 10.2 Å². The molecule has 1 heterocycles. The summed E-state index contributed by atoms with van der Waals surface area (Å²) >= 11 is 0. The second-order valence-corrected chi connectivity index (χ2v) is 10.4. The third-order valence-electron chi connectivity index (χ3n) is 5.36. The molecule has 0 atom stereocenters. The monoisotopic (exact) mass is 502 g/mol. The molecule has 0 aliphatic heterocycles. The van der Waals surface area contributed by atoms with E-state index in [9.17, 15) is 26.7 Å². The number of benzene rings is 2. The first-order chi connectivity index (χ1) is 15.8. The molecule has 34 heavy (non-hydrogen) atoms. The lowest BCUT2D eigenvalue weighted by molar-refractivity contribution is 0.481. The molecular weight excluding hydrogens is 480 g/mol. The van der Waals surface area contributed by atoms with Crippen molar-refractivity contribution in [2.75, 3.05) is 17.3 Å². The average Bonchev–Trinajstić information content (AvgIpc) is 2.78. The summed E-state index contributed by atoms with van der Waals surface area (Å²) in [5.41, 5.74) is 3.12. The lowest BCUT2D eigenvalue weighted by Gasteiger charge is -2.23. The standard InChI is InChI=1S/C22H22N4O6S2/c1-14-15(2)22(26(3)17-6-10-19(11-7-17)34(30,31)32)25-21(20(14)12-23)24-13-16-4-8-18(9-5-16)33(27,28)29/h4-11H,13H2,1-3H3,(H,24,25)(H,27,28,29)(H,30,31,32). The van der Waals surface area contributed by atoms with Gasteiger partial charge in [0, 0.05) is 19.3 Å². The Hall–Kier alpha value is -3.50. The molecule has 0 aliphatic carbocycles. The van der Waals surface area contributed by atoms with Crippen molar-refractivity contribution in [3.8, 4) is 6.07 Å². The van der Waals surface area contributed by atoms with Crippen molar-refractivity contribution in [1.82, 2.24) is 4.98 Å². The maximum absolute atomic E-state index is 11.3. The Balaban J connectivity index is 1.93. The van der Waals surface area contributed by atoms with Crippen LogP contribution in [0.3, 0.4) is 0 Å². The lowest BCUT2D eigenvalue weighted by Crippen LogP contribution is -2.16. The van der Waals surface area contributed by atoms with Crippen molar-refractivity contribution in [1.29, 1.82) is 5.26 Å². The molecule has 1 aromatic heterocycles. The van der Waals surface area contributed by atoms with E-state index in [1.54, 1.807) is 18.9 Å². The second-order valence-electron chi connectivity index (χ2n) is 7.52. The van der Waals surface area contributed by atoms with Gasteiger partial charge in [0.05, 0.1) is 15.4 Å². The van der Waals surface area contributed by atoms with Gasteiger partial charge in [0.15, 0.2) is 0 Å². The Bertz CT molecular complexity index is 1480. The van der Waals surface area contributed by atoms with Crippen LogP contribution in [0.25, 0.3) is 0 Å². The summed E-state index contributed by atoms with van der Waals surface area (Å²) in [6, 6.07) is 13.4. The van der Waals surface area contributed by atoms with Crippen molar-refractivity contribution >= 4 is 37.6 Å². The van der Waals surface area contributed by atoms with Crippen molar-refractivity contribution < 1.29 is 25.9 Å². The number of pyridine rings is 1. The van der Waals surface area contributed by atoms with Crippen molar-refractivity contribution in [2.24, 2.45) is 0 Å². The zero-order chi connectivity index (χ0) is 25.3. The molecular formula is C22H22N4O6S2. The quantitative estimate of drug-likeness (QED) is 0.408. The highest BCUT2D eigenvalue weighted by molar-refractivity contribution is 7.86. The number of aromatic nitrogens is 1. The number of hydrogen-bond donors (Lipinski definition) is 3. The van der Waals surface area contributed by atoms with Crippen molar-refractivity contribution in [3.05, 3.63) is 70.8 Å². The molecule has 12 heteroatoms. The van der Waals surface area contributed by atoms with Crippen LogP contribution >= 0.6 is 0 Å². The maximum atomic E-state index is 11.3. The van der Waals surface area contributed by atoms with Crippen LogP contribution in [0, 0.1) is 25.2 Å². The van der Waals surface area contributed by atoms with Crippen LogP contribution in [0.2, 0.25) is 0 Å². The number of nitrogens with zero attached hydrogens (tertiary/aromatic N) is 3. The minimum Gasteiger partial charge on any atom is -0.365 e. The molecule has 0 saturated carbocycles. The summed E-state index contributed by atoms with van der Waals surface area (Å²) < 4.78 is 63.3. The molecule has 0 amide bonds. The predicted molar refractivity (Wildman–Crippen MR) is 126 cm³/mol. The highest BCUT2D eigenvalue weighted by Crippen LogP contribution is 2.32. The molecule has 3 rings (SSSR count). The van der Waals surface area contributed by atoms with Crippen molar-refractivity contribution in [2.45, 2.75) is 30.2 Å². The highest BCUT2D eigenvalue weighted by Gasteiger charge is 2.19. The fourth-order valence-electron chi connectivity index (χ4n) is 3.30. The molecule has 2 aromatic carbocycles. The van der Waals surface area contributed by atoms with Gasteiger partial charge in [-0.05, 0) is 66.9 Å². The van der Waals surface area contributed by atoms with Gasteiger partial charge in [-0.2, -0.15) is 22.1 Å². The molecule has 10 nitrogen and oxygen atoms in total. The van der Waals surface area contributed by atoms with Crippen LogP contribution in [0.4, 0.5) is 17.3 Å². The van der Waals surface area contributed by atoms with Gasteiger partial charge in [-0.25, -0.2) is 4.98 Å². The van der Waals surface area contributed by atoms with Gasteiger partial charge in [0.25, 0.3) is 20.2 Å². The van der Waals surface area contributed by atoms with Gasteiger partial charge in [-0.15, -0.1) is 0 Å². The number of rotatable bonds is 7. The van der Waals surface area contributed by atoms with E-state index < -0.39 is 20.2 Å². The number of nitrogens with one attached hydrogen (secondary N) is 1. The third kappa shape index (κ3) is 5.35. The predicted octanol–water partition coefficient (Wildman–Crippen LogP) is 3.44. The van der Waals surface area contributed by atoms with E-state index in [2.05, 4.69) is 16.4 Å². The zero-order valence-corrected chi connectivity index (χ0v) is 20.1.